The molecule has 138 valence electrons. The minimum absolute atomic E-state index is 0.0764. The molecule has 0 aliphatic carbocycles. The second kappa shape index (κ2) is 7.55. The van der Waals surface area contributed by atoms with Gasteiger partial charge in [0.15, 0.2) is 0 Å². The Morgan fingerprint density at radius 1 is 1.31 bits per heavy atom. The summed E-state index contributed by atoms with van der Waals surface area (Å²) in [6.45, 7) is 3.13. The van der Waals surface area contributed by atoms with Crippen molar-refractivity contribution in [2.24, 2.45) is 11.8 Å². The fraction of sp³-hybridized carbons (Fsp3) is 0.526. The van der Waals surface area contributed by atoms with Crippen LogP contribution in [-0.4, -0.2) is 50.0 Å². The standard InChI is InChI=1S/C19H25N5O2/c25-13-16-10-24(22-21-16)11-17-8-15-6-7-23(17)12-18(15)19(26)20-9-14-4-2-1-3-5-14/h1-5,10,15,17-18,25H,6-9,11-13H2,(H,20,26)/t15-,17-,18+/m1/s1. The monoisotopic (exact) mass is 355 g/mol. The molecule has 0 radical (unpaired) electrons. The summed E-state index contributed by atoms with van der Waals surface area (Å²) in [4.78, 5) is 15.1. The van der Waals surface area contributed by atoms with Crippen LogP contribution in [0.1, 0.15) is 24.1 Å². The summed E-state index contributed by atoms with van der Waals surface area (Å²) in [6.07, 6.45) is 3.89. The molecule has 0 spiro atoms. The summed E-state index contributed by atoms with van der Waals surface area (Å²) in [7, 11) is 0. The zero-order valence-electron chi connectivity index (χ0n) is 14.8. The number of carbonyl (C=O) groups excluding carboxylic acids is 1. The van der Waals surface area contributed by atoms with E-state index in [0.717, 1.165) is 38.0 Å². The van der Waals surface area contributed by atoms with Gasteiger partial charge in [-0.1, -0.05) is 35.5 Å². The Balaban J connectivity index is 1.33. The number of aliphatic hydroxyl groups is 1. The molecular weight excluding hydrogens is 330 g/mol. The van der Waals surface area contributed by atoms with Crippen LogP contribution in [0.2, 0.25) is 0 Å². The summed E-state index contributed by atoms with van der Waals surface area (Å²) in [5.41, 5.74) is 1.73. The lowest BCUT2D eigenvalue weighted by Gasteiger charge is -2.49. The average Bonchev–Trinajstić information content (AvgIpc) is 3.15. The van der Waals surface area contributed by atoms with Crippen molar-refractivity contribution in [1.82, 2.24) is 25.2 Å². The lowest BCUT2D eigenvalue weighted by Crippen LogP contribution is -2.58. The molecule has 3 aliphatic rings. The van der Waals surface area contributed by atoms with Gasteiger partial charge >= 0.3 is 0 Å². The van der Waals surface area contributed by atoms with Gasteiger partial charge in [-0.05, 0) is 30.9 Å². The summed E-state index contributed by atoms with van der Waals surface area (Å²) in [5.74, 6) is 0.680. The van der Waals surface area contributed by atoms with Crippen LogP contribution in [0.15, 0.2) is 36.5 Å². The number of carbonyl (C=O) groups is 1. The van der Waals surface area contributed by atoms with E-state index in [1.165, 1.54) is 0 Å². The molecule has 2 bridgehead atoms. The maximum atomic E-state index is 12.7. The molecule has 1 amide bonds. The van der Waals surface area contributed by atoms with E-state index in [4.69, 9.17) is 5.11 Å². The Labute approximate surface area is 153 Å². The van der Waals surface area contributed by atoms with E-state index in [1.807, 2.05) is 30.3 Å². The zero-order chi connectivity index (χ0) is 17.9. The van der Waals surface area contributed by atoms with Crippen LogP contribution < -0.4 is 5.32 Å². The average molecular weight is 355 g/mol. The highest BCUT2D eigenvalue weighted by Crippen LogP contribution is 2.36. The first-order valence-corrected chi connectivity index (χ1v) is 9.28. The van der Waals surface area contributed by atoms with Gasteiger partial charge in [0.05, 0.1) is 25.3 Å². The third kappa shape index (κ3) is 3.64. The fourth-order valence-electron chi connectivity index (χ4n) is 4.26. The molecule has 3 fully saturated rings. The van der Waals surface area contributed by atoms with Crippen molar-refractivity contribution in [3.63, 3.8) is 0 Å². The number of rotatable bonds is 6. The molecule has 0 saturated carbocycles. The smallest absolute Gasteiger partial charge is 0.224 e. The molecule has 7 heteroatoms. The SMILES string of the molecule is O=C(NCc1ccccc1)[C@H]1CN2CC[C@@H]1C[C@@H]2Cn1cc(CO)nn1. The fourth-order valence-corrected chi connectivity index (χ4v) is 4.26. The normalized spacial score (nSPS) is 27.4. The number of nitrogens with one attached hydrogen (secondary N) is 1. The summed E-state index contributed by atoms with van der Waals surface area (Å²) < 4.78 is 1.81. The molecule has 1 aromatic carbocycles. The van der Waals surface area contributed by atoms with Crippen LogP contribution >= 0.6 is 0 Å². The highest BCUT2D eigenvalue weighted by Gasteiger charge is 2.43. The quantitative estimate of drug-likeness (QED) is 0.801. The number of aromatic nitrogens is 3. The number of fused-ring (bicyclic) bond motifs is 3. The van der Waals surface area contributed by atoms with Gasteiger partial charge in [0.2, 0.25) is 5.91 Å². The van der Waals surface area contributed by atoms with E-state index in [1.54, 1.807) is 10.9 Å². The van der Waals surface area contributed by atoms with E-state index in [0.29, 0.717) is 24.2 Å². The number of hydrogen-bond donors (Lipinski definition) is 2. The van der Waals surface area contributed by atoms with Gasteiger partial charge in [-0.3, -0.25) is 14.4 Å². The molecule has 4 heterocycles. The number of hydrogen-bond acceptors (Lipinski definition) is 5. The maximum absolute atomic E-state index is 12.7. The molecule has 3 saturated heterocycles. The van der Waals surface area contributed by atoms with Crippen LogP contribution in [-0.2, 0) is 24.5 Å². The van der Waals surface area contributed by atoms with Gasteiger partial charge in [0.1, 0.15) is 5.69 Å². The number of benzene rings is 1. The van der Waals surface area contributed by atoms with Crippen molar-refractivity contribution < 1.29 is 9.90 Å². The number of nitrogens with zero attached hydrogens (tertiary/aromatic N) is 4. The van der Waals surface area contributed by atoms with Crippen molar-refractivity contribution >= 4 is 5.91 Å². The highest BCUT2D eigenvalue weighted by atomic mass is 16.3. The predicted octanol–water partition coefficient (Wildman–Crippen LogP) is 0.797. The molecule has 2 N–H and O–H groups in total. The molecule has 1 aromatic heterocycles. The van der Waals surface area contributed by atoms with E-state index in [-0.39, 0.29) is 18.4 Å². The van der Waals surface area contributed by atoms with Crippen molar-refractivity contribution in [2.45, 2.75) is 38.6 Å². The third-order valence-electron chi connectivity index (χ3n) is 5.67. The lowest BCUT2D eigenvalue weighted by atomic mass is 9.75. The Kier molecular flexibility index (Phi) is 4.99. The topological polar surface area (TPSA) is 83.3 Å². The number of aliphatic hydroxyl groups excluding tert-OH is 1. The number of piperidine rings is 3. The minimum atomic E-state index is -0.0827. The second-order valence-electron chi connectivity index (χ2n) is 7.33. The van der Waals surface area contributed by atoms with Gasteiger partial charge in [-0.25, -0.2) is 0 Å². The van der Waals surface area contributed by atoms with Crippen molar-refractivity contribution in [3.8, 4) is 0 Å². The van der Waals surface area contributed by atoms with Gasteiger partial charge in [0.25, 0.3) is 0 Å². The highest BCUT2D eigenvalue weighted by molar-refractivity contribution is 5.79. The zero-order valence-corrected chi connectivity index (χ0v) is 14.8. The molecule has 5 rings (SSSR count). The molecule has 7 nitrogen and oxygen atoms in total. The molecule has 26 heavy (non-hydrogen) atoms. The van der Waals surface area contributed by atoms with Gasteiger partial charge in [-0.2, -0.15) is 0 Å². The maximum Gasteiger partial charge on any atom is 0.224 e. The molecule has 3 aliphatic heterocycles. The Hall–Kier alpha value is -2.25. The van der Waals surface area contributed by atoms with E-state index in [9.17, 15) is 4.79 Å². The van der Waals surface area contributed by atoms with Crippen LogP contribution in [0.5, 0.6) is 0 Å². The molecular formula is C19H25N5O2. The number of amides is 1. The van der Waals surface area contributed by atoms with Crippen LogP contribution in [0.4, 0.5) is 0 Å². The van der Waals surface area contributed by atoms with E-state index >= 15 is 0 Å². The van der Waals surface area contributed by atoms with Gasteiger partial charge in [-0.15, -0.1) is 5.10 Å². The van der Waals surface area contributed by atoms with Crippen LogP contribution in [0, 0.1) is 11.8 Å². The minimum Gasteiger partial charge on any atom is -0.390 e. The van der Waals surface area contributed by atoms with Crippen LogP contribution in [0.25, 0.3) is 0 Å². The van der Waals surface area contributed by atoms with Crippen molar-refractivity contribution in [1.29, 1.82) is 0 Å². The largest absolute Gasteiger partial charge is 0.390 e. The van der Waals surface area contributed by atoms with Gasteiger partial charge < -0.3 is 10.4 Å². The first-order valence-electron chi connectivity index (χ1n) is 9.28. The summed E-state index contributed by atoms with van der Waals surface area (Å²) >= 11 is 0. The van der Waals surface area contributed by atoms with E-state index < -0.39 is 0 Å². The summed E-state index contributed by atoms with van der Waals surface area (Å²) in [5, 5.41) is 20.2. The Morgan fingerprint density at radius 2 is 2.15 bits per heavy atom. The van der Waals surface area contributed by atoms with E-state index in [2.05, 4.69) is 20.5 Å². The molecule has 1 unspecified atom stereocenters. The van der Waals surface area contributed by atoms with Gasteiger partial charge in [0, 0.05) is 19.1 Å². The lowest BCUT2D eigenvalue weighted by molar-refractivity contribution is -0.133. The first-order chi connectivity index (χ1) is 12.7. The first kappa shape index (κ1) is 17.2. The Bertz CT molecular complexity index is 747. The third-order valence-corrected chi connectivity index (χ3v) is 5.67. The summed E-state index contributed by atoms with van der Waals surface area (Å²) in [6, 6.07) is 10.4. The molecule has 2 aromatic rings. The van der Waals surface area contributed by atoms with Crippen LogP contribution in [0.3, 0.4) is 0 Å². The molecule has 4 atom stereocenters. The second-order valence-corrected chi connectivity index (χ2v) is 7.33. The van der Waals surface area contributed by atoms with Crippen molar-refractivity contribution in [3.05, 3.63) is 47.8 Å². The Morgan fingerprint density at radius 3 is 2.85 bits per heavy atom. The van der Waals surface area contributed by atoms with Crippen molar-refractivity contribution in [2.75, 3.05) is 13.1 Å². The predicted molar refractivity (Wildman–Crippen MR) is 95.8 cm³/mol.